The van der Waals surface area contributed by atoms with Crippen LogP contribution in [0.1, 0.15) is 28.2 Å². The topological polar surface area (TPSA) is 51.0 Å². The van der Waals surface area contributed by atoms with E-state index >= 15 is 0 Å². The van der Waals surface area contributed by atoms with E-state index in [1.54, 1.807) is 11.3 Å². The fourth-order valence-electron chi connectivity index (χ4n) is 3.24. The first-order valence-corrected chi connectivity index (χ1v) is 9.78. The van der Waals surface area contributed by atoms with Crippen molar-refractivity contribution in [2.24, 2.45) is 0 Å². The summed E-state index contributed by atoms with van der Waals surface area (Å²) < 4.78 is 1.81. The molecule has 0 unspecified atom stereocenters. The van der Waals surface area contributed by atoms with Crippen molar-refractivity contribution in [2.45, 2.75) is 39.9 Å². The van der Waals surface area contributed by atoms with E-state index in [0.29, 0.717) is 18.1 Å². The van der Waals surface area contributed by atoms with Gasteiger partial charge < -0.3 is 4.90 Å². The minimum atomic E-state index is 0.0725. The van der Waals surface area contributed by atoms with E-state index in [0.717, 1.165) is 34.1 Å². The molecule has 1 aliphatic rings. The molecule has 0 aliphatic carbocycles. The van der Waals surface area contributed by atoms with E-state index in [9.17, 15) is 4.79 Å². The van der Waals surface area contributed by atoms with Gasteiger partial charge in [-0.25, -0.2) is 4.98 Å². The van der Waals surface area contributed by atoms with Gasteiger partial charge in [0.25, 0.3) is 0 Å². The predicted molar refractivity (Wildman–Crippen MR) is 103 cm³/mol. The van der Waals surface area contributed by atoms with E-state index in [2.05, 4.69) is 17.0 Å². The molecular weight excluding hydrogens is 368 g/mol. The van der Waals surface area contributed by atoms with Gasteiger partial charge in [0.2, 0.25) is 5.91 Å². The molecule has 4 rings (SSSR count). The number of aryl methyl sites for hydroxylation is 2. The molecule has 134 valence electrons. The summed E-state index contributed by atoms with van der Waals surface area (Å²) in [4.78, 5) is 20.3. The lowest BCUT2D eigenvalue weighted by atomic mass is 10.1. The van der Waals surface area contributed by atoms with Gasteiger partial charge in [-0.3, -0.25) is 9.48 Å². The van der Waals surface area contributed by atoms with Crippen LogP contribution in [0.2, 0.25) is 5.02 Å². The smallest absolute Gasteiger partial charge is 0.244 e. The Morgan fingerprint density at radius 3 is 2.88 bits per heavy atom. The monoisotopic (exact) mass is 386 g/mol. The molecule has 0 saturated carbocycles. The number of halogens is 1. The van der Waals surface area contributed by atoms with Crippen LogP contribution in [-0.2, 0) is 30.8 Å². The molecule has 1 aliphatic heterocycles. The van der Waals surface area contributed by atoms with Crippen LogP contribution in [0, 0.1) is 6.92 Å². The Morgan fingerprint density at radius 2 is 2.15 bits per heavy atom. The summed E-state index contributed by atoms with van der Waals surface area (Å²) in [5.74, 6) is 0.0725. The minimum Gasteiger partial charge on any atom is -0.330 e. The van der Waals surface area contributed by atoms with Crippen molar-refractivity contribution < 1.29 is 4.79 Å². The summed E-state index contributed by atoms with van der Waals surface area (Å²) in [6, 6.07) is 9.65. The first-order valence-electron chi connectivity index (χ1n) is 8.59. The summed E-state index contributed by atoms with van der Waals surface area (Å²) >= 11 is 7.76. The molecule has 26 heavy (non-hydrogen) atoms. The number of hydrogen-bond donors (Lipinski definition) is 0. The van der Waals surface area contributed by atoms with Gasteiger partial charge in [-0.1, -0.05) is 30.7 Å². The number of rotatable bonds is 4. The quantitative estimate of drug-likeness (QED) is 0.679. The van der Waals surface area contributed by atoms with Gasteiger partial charge in [0.05, 0.1) is 29.5 Å². The van der Waals surface area contributed by atoms with Crippen LogP contribution in [0.5, 0.6) is 0 Å². The molecule has 5 nitrogen and oxygen atoms in total. The van der Waals surface area contributed by atoms with E-state index in [4.69, 9.17) is 11.6 Å². The molecule has 0 spiro atoms. The first kappa shape index (κ1) is 17.2. The molecular formula is C19H19ClN4OS. The van der Waals surface area contributed by atoms with Crippen LogP contribution < -0.4 is 0 Å². The number of fused-ring (bicyclic) bond motifs is 1. The number of benzene rings is 1. The number of amides is 1. The number of aromatic nitrogens is 3. The Bertz CT molecular complexity index is 954. The number of hydrogen-bond acceptors (Lipinski definition) is 4. The zero-order valence-corrected chi connectivity index (χ0v) is 16.3. The Kier molecular flexibility index (Phi) is 4.54. The van der Waals surface area contributed by atoms with Crippen LogP contribution in [0.25, 0.3) is 11.3 Å². The summed E-state index contributed by atoms with van der Waals surface area (Å²) in [7, 11) is 0. The summed E-state index contributed by atoms with van der Waals surface area (Å²) in [5, 5.41) is 6.39. The minimum absolute atomic E-state index is 0.0725. The third-order valence-electron chi connectivity index (χ3n) is 4.54. The van der Waals surface area contributed by atoms with Crippen molar-refractivity contribution >= 4 is 28.8 Å². The van der Waals surface area contributed by atoms with E-state index in [1.165, 1.54) is 4.88 Å². The number of carbonyl (C=O) groups is 1. The highest BCUT2D eigenvalue weighted by Gasteiger charge is 2.27. The highest BCUT2D eigenvalue weighted by atomic mass is 35.5. The molecule has 7 heteroatoms. The molecule has 0 N–H and O–H groups in total. The molecule has 2 aromatic heterocycles. The zero-order valence-electron chi connectivity index (χ0n) is 14.7. The highest BCUT2D eigenvalue weighted by molar-refractivity contribution is 7.11. The van der Waals surface area contributed by atoms with Crippen LogP contribution >= 0.6 is 22.9 Å². The lowest BCUT2D eigenvalue weighted by Gasteiger charge is -2.16. The van der Waals surface area contributed by atoms with Crippen LogP contribution in [0.3, 0.4) is 0 Å². The number of nitrogens with zero attached hydrogens (tertiary/aromatic N) is 4. The SMILES string of the molecule is CCc1cc(-c2cccc(Cl)c2)nn1CC(=O)N1Cc2nc(C)sc2C1. The summed E-state index contributed by atoms with van der Waals surface area (Å²) in [6.45, 7) is 5.58. The Balaban J connectivity index is 1.53. The van der Waals surface area contributed by atoms with E-state index in [1.807, 2.05) is 46.8 Å². The van der Waals surface area contributed by atoms with Gasteiger partial charge in [0.1, 0.15) is 6.54 Å². The molecule has 1 amide bonds. The predicted octanol–water partition coefficient (Wildman–Crippen LogP) is 4.07. The summed E-state index contributed by atoms with van der Waals surface area (Å²) in [5.41, 5.74) is 3.88. The van der Waals surface area contributed by atoms with Gasteiger partial charge in [-0.05, 0) is 31.5 Å². The standard InChI is InChI=1S/C19H19ClN4OS/c1-3-15-8-16(13-5-4-6-14(20)7-13)22-24(15)11-19(25)23-9-17-18(10-23)26-12(2)21-17/h4-8H,3,9-11H2,1-2H3. The maximum atomic E-state index is 12.8. The average molecular weight is 387 g/mol. The third kappa shape index (κ3) is 3.27. The lowest BCUT2D eigenvalue weighted by Crippen LogP contribution is -2.30. The van der Waals surface area contributed by atoms with Crippen molar-refractivity contribution in [3.05, 3.63) is 56.6 Å². The molecule has 0 bridgehead atoms. The summed E-state index contributed by atoms with van der Waals surface area (Å²) in [6.07, 6.45) is 0.814. The second kappa shape index (κ2) is 6.85. The molecule has 0 atom stereocenters. The van der Waals surface area contributed by atoms with Crippen molar-refractivity contribution in [1.82, 2.24) is 19.7 Å². The maximum absolute atomic E-state index is 12.8. The van der Waals surface area contributed by atoms with Gasteiger partial charge >= 0.3 is 0 Å². The van der Waals surface area contributed by atoms with E-state index in [-0.39, 0.29) is 12.5 Å². The number of carbonyl (C=O) groups excluding carboxylic acids is 1. The molecule has 0 fully saturated rings. The fourth-order valence-corrected chi connectivity index (χ4v) is 4.39. The maximum Gasteiger partial charge on any atom is 0.244 e. The van der Waals surface area contributed by atoms with E-state index < -0.39 is 0 Å². The third-order valence-corrected chi connectivity index (χ3v) is 5.78. The van der Waals surface area contributed by atoms with Crippen molar-refractivity contribution in [3.63, 3.8) is 0 Å². The van der Waals surface area contributed by atoms with Crippen LogP contribution in [0.15, 0.2) is 30.3 Å². The van der Waals surface area contributed by atoms with Crippen molar-refractivity contribution in [1.29, 1.82) is 0 Å². The highest BCUT2D eigenvalue weighted by Crippen LogP contribution is 2.28. The van der Waals surface area contributed by atoms with Gasteiger partial charge in [-0.15, -0.1) is 11.3 Å². The molecule has 1 aromatic carbocycles. The normalized spacial score (nSPS) is 13.3. The first-order chi connectivity index (χ1) is 12.5. The Labute approximate surface area is 161 Å². The zero-order chi connectivity index (χ0) is 18.3. The van der Waals surface area contributed by atoms with Crippen LogP contribution in [0.4, 0.5) is 0 Å². The van der Waals surface area contributed by atoms with Gasteiger partial charge in [0, 0.05) is 21.2 Å². The second-order valence-electron chi connectivity index (χ2n) is 6.40. The largest absolute Gasteiger partial charge is 0.330 e. The second-order valence-corrected chi connectivity index (χ2v) is 8.12. The average Bonchev–Trinajstić information content (AvgIpc) is 3.27. The van der Waals surface area contributed by atoms with Crippen molar-refractivity contribution in [3.8, 4) is 11.3 Å². The molecule has 0 saturated heterocycles. The number of thiazole rings is 1. The van der Waals surface area contributed by atoms with Crippen molar-refractivity contribution in [2.75, 3.05) is 0 Å². The molecule has 3 aromatic rings. The van der Waals surface area contributed by atoms with Gasteiger partial charge in [0.15, 0.2) is 0 Å². The Morgan fingerprint density at radius 1 is 1.31 bits per heavy atom. The lowest BCUT2D eigenvalue weighted by molar-refractivity contribution is -0.132. The fraction of sp³-hybridized carbons (Fsp3) is 0.316. The molecule has 0 radical (unpaired) electrons. The van der Waals surface area contributed by atoms with Gasteiger partial charge in [-0.2, -0.15) is 5.10 Å². The van der Waals surface area contributed by atoms with Crippen LogP contribution in [-0.4, -0.2) is 25.6 Å². The Hall–Kier alpha value is -2.18. The molecule has 3 heterocycles.